The third kappa shape index (κ3) is 4.00. The molecule has 0 nitrogen and oxygen atoms in total. The van der Waals surface area contributed by atoms with Crippen LogP contribution < -0.4 is 2.89 Å². The number of fused-ring (bicyclic) bond motifs is 4. The van der Waals surface area contributed by atoms with Gasteiger partial charge in [-0.3, -0.25) is 0 Å². The zero-order valence-corrected chi connectivity index (χ0v) is 26.7. The van der Waals surface area contributed by atoms with E-state index in [2.05, 4.69) is 95.8 Å². The van der Waals surface area contributed by atoms with Crippen molar-refractivity contribution in [3.63, 3.8) is 0 Å². The van der Waals surface area contributed by atoms with E-state index < -0.39 is 18.4 Å². The van der Waals surface area contributed by atoms with Gasteiger partial charge in [0.15, 0.2) is 0 Å². The van der Waals surface area contributed by atoms with Gasteiger partial charge < -0.3 is 0 Å². The van der Waals surface area contributed by atoms with Crippen LogP contribution in [0.5, 0.6) is 0 Å². The van der Waals surface area contributed by atoms with Gasteiger partial charge in [0.05, 0.1) is 0 Å². The van der Waals surface area contributed by atoms with Crippen LogP contribution in [0.25, 0.3) is 40.3 Å². The molecule has 0 saturated heterocycles. The molecule has 0 fully saturated rings. The van der Waals surface area contributed by atoms with Gasteiger partial charge in [0, 0.05) is 9.40 Å². The fraction of sp³-hybridized carbons (Fsp3) is 0.286. The second-order valence-electron chi connectivity index (χ2n) is 10.0. The zero-order valence-electron chi connectivity index (χ0n) is 20.6. The van der Waals surface area contributed by atoms with Crippen LogP contribution in [0, 0.1) is 34.6 Å². The Hall–Kier alpha value is -0.921. The summed E-state index contributed by atoms with van der Waals surface area (Å²) in [5.41, 5.74) is 5.87. The molecule has 6 rings (SSSR count). The quantitative estimate of drug-likeness (QED) is 0.162. The molecule has 0 N–H and O–H groups in total. The van der Waals surface area contributed by atoms with Crippen LogP contribution in [-0.2, 0) is 0 Å². The fourth-order valence-corrected chi connectivity index (χ4v) is 14.1. The zero-order chi connectivity index (χ0) is 23.7. The summed E-state index contributed by atoms with van der Waals surface area (Å²) in [7, 11) is 0. The van der Waals surface area contributed by atoms with Gasteiger partial charge in [-0.1, -0.05) is 0 Å². The van der Waals surface area contributed by atoms with E-state index in [0.717, 1.165) is 0 Å². The standard InChI is InChI=1S/C13H11S2.C12H10S2.3CH3.Sn/c1-7-6-11-9(3)12-10(4-5-14-12)8(2)13(11)15-7;1-7-9-3-5-14-12(9)8(2)10-4-6-13-11(7)10;;;;/h4,6H,1-3H3;3-6H,1-2H3;3*1H3;. The van der Waals surface area contributed by atoms with E-state index >= 15 is 0 Å². The molecule has 0 spiro atoms. The maximum atomic E-state index is 2.51. The molecule has 0 saturated carbocycles. The van der Waals surface area contributed by atoms with Crippen molar-refractivity contribution in [1.82, 2.24) is 0 Å². The first kappa shape index (κ1) is 23.8. The summed E-state index contributed by atoms with van der Waals surface area (Å²) in [5, 5.41) is 10.2. The van der Waals surface area contributed by atoms with Crippen LogP contribution in [-0.4, -0.2) is 18.4 Å². The van der Waals surface area contributed by atoms with Gasteiger partial charge in [0.1, 0.15) is 0 Å². The van der Waals surface area contributed by atoms with Crippen molar-refractivity contribution in [2.24, 2.45) is 0 Å². The number of rotatable bonds is 1. The molecule has 0 aliphatic rings. The van der Waals surface area contributed by atoms with Gasteiger partial charge in [0.25, 0.3) is 0 Å². The van der Waals surface area contributed by atoms with Crippen LogP contribution in [0.2, 0.25) is 14.8 Å². The Morgan fingerprint density at radius 2 is 1.00 bits per heavy atom. The van der Waals surface area contributed by atoms with Gasteiger partial charge in [-0.25, -0.2) is 0 Å². The average molecular weight is 614 g/mol. The molecule has 5 heteroatoms. The molecule has 0 unspecified atom stereocenters. The first-order valence-corrected chi connectivity index (χ1v) is 24.7. The van der Waals surface area contributed by atoms with Gasteiger partial charge in [-0.15, -0.1) is 22.7 Å². The van der Waals surface area contributed by atoms with Gasteiger partial charge in [-0.05, 0) is 58.6 Å². The van der Waals surface area contributed by atoms with Crippen molar-refractivity contribution in [3.8, 4) is 0 Å². The molecule has 0 bridgehead atoms. The van der Waals surface area contributed by atoms with Gasteiger partial charge in [-0.2, -0.15) is 0 Å². The molecule has 4 heterocycles. The van der Waals surface area contributed by atoms with Crippen LogP contribution >= 0.6 is 45.3 Å². The van der Waals surface area contributed by atoms with Crippen molar-refractivity contribution < 1.29 is 0 Å². The second kappa shape index (κ2) is 8.63. The van der Waals surface area contributed by atoms with Crippen molar-refractivity contribution in [1.29, 1.82) is 0 Å². The molecule has 4 aromatic heterocycles. The van der Waals surface area contributed by atoms with Gasteiger partial charge in [0.2, 0.25) is 0 Å². The molecule has 0 amide bonds. The molecule has 0 atom stereocenters. The van der Waals surface area contributed by atoms with Crippen molar-refractivity contribution in [2.75, 3.05) is 0 Å². The predicted molar refractivity (Wildman–Crippen MR) is 161 cm³/mol. The summed E-state index contributed by atoms with van der Waals surface area (Å²) in [6, 6.07) is 9.34. The second-order valence-corrected chi connectivity index (χ2v) is 29.6. The monoisotopic (exact) mass is 614 g/mol. The summed E-state index contributed by atoms with van der Waals surface area (Å²) >= 11 is 5.77. The summed E-state index contributed by atoms with van der Waals surface area (Å²) in [6.45, 7) is 11.3. The molecule has 2 aromatic carbocycles. The molecular weight excluding hydrogens is 583 g/mol. The minimum absolute atomic E-state index is 1.43. The van der Waals surface area contributed by atoms with E-state index in [1.807, 2.05) is 34.0 Å². The van der Waals surface area contributed by atoms with Crippen molar-refractivity contribution in [2.45, 2.75) is 49.4 Å². The van der Waals surface area contributed by atoms with E-state index in [1.54, 1.807) is 2.89 Å². The Kier molecular flexibility index (Phi) is 6.23. The van der Waals surface area contributed by atoms with Crippen LogP contribution in [0.4, 0.5) is 0 Å². The first-order chi connectivity index (χ1) is 15.6. The van der Waals surface area contributed by atoms with Crippen LogP contribution in [0.1, 0.15) is 27.1 Å². The van der Waals surface area contributed by atoms with Crippen LogP contribution in [0.15, 0.2) is 35.0 Å². The predicted octanol–water partition coefficient (Wildman–Crippen LogP) is 10.3. The molecule has 0 aliphatic carbocycles. The van der Waals surface area contributed by atoms with Gasteiger partial charge >= 0.3 is 128 Å². The van der Waals surface area contributed by atoms with Crippen molar-refractivity contribution >= 4 is 107 Å². The topological polar surface area (TPSA) is 0 Å². The van der Waals surface area contributed by atoms with Crippen LogP contribution in [0.3, 0.4) is 0 Å². The molecule has 0 radical (unpaired) electrons. The summed E-state index contributed by atoms with van der Waals surface area (Å²) in [5.74, 6) is 0. The third-order valence-electron chi connectivity index (χ3n) is 6.64. The summed E-state index contributed by atoms with van der Waals surface area (Å²) in [6.07, 6.45) is 0. The molecule has 170 valence electrons. The average Bonchev–Trinajstić information content (AvgIpc) is 3.54. The van der Waals surface area contributed by atoms with E-state index in [0.29, 0.717) is 0 Å². The minimum atomic E-state index is -1.95. The normalized spacial score (nSPS) is 12.2. The molecule has 6 aromatic rings. The number of thiophene rings is 4. The summed E-state index contributed by atoms with van der Waals surface area (Å²) in [4.78, 5) is 8.96. The molecule has 33 heavy (non-hydrogen) atoms. The fourth-order valence-electron chi connectivity index (χ4n) is 4.67. The molecular formula is C28H30S4Sn. The number of benzene rings is 2. The van der Waals surface area contributed by atoms with E-state index in [9.17, 15) is 0 Å². The van der Waals surface area contributed by atoms with E-state index in [-0.39, 0.29) is 0 Å². The SMILES string of the molecule is Cc1c2ccsc2c(C)c2ccsc12.Cc1cc2c(C)c3s[c]([Sn]([CH3])([CH3])[CH3])cc3c(C)c2s1. The van der Waals surface area contributed by atoms with E-state index in [1.165, 1.54) is 67.5 Å². The van der Waals surface area contributed by atoms with Crippen molar-refractivity contribution in [3.05, 3.63) is 62.2 Å². The Morgan fingerprint density at radius 3 is 1.52 bits per heavy atom. The van der Waals surface area contributed by atoms with E-state index in [4.69, 9.17) is 0 Å². The number of aryl methyl sites for hydroxylation is 5. The Labute approximate surface area is 216 Å². The Morgan fingerprint density at radius 1 is 0.545 bits per heavy atom. The number of hydrogen-bond acceptors (Lipinski definition) is 4. The number of hydrogen-bond donors (Lipinski definition) is 0. The summed E-state index contributed by atoms with van der Waals surface area (Å²) < 4.78 is 7.63. The molecule has 0 aliphatic heterocycles. The maximum absolute atomic E-state index is 2.51. The Bertz CT molecular complexity index is 1490. The third-order valence-corrected chi connectivity index (χ3v) is 20.6. The first-order valence-electron chi connectivity index (χ1n) is 11.3. The Balaban J connectivity index is 0.000000144.